The molecule has 1 N–H and O–H groups in total. The van der Waals surface area contributed by atoms with Crippen LogP contribution >= 0.6 is 11.6 Å². The van der Waals surface area contributed by atoms with E-state index in [0.29, 0.717) is 22.8 Å². The fourth-order valence-corrected chi connectivity index (χ4v) is 4.07. The molecule has 1 fully saturated rings. The van der Waals surface area contributed by atoms with Crippen LogP contribution in [0, 0.1) is 0 Å². The maximum Gasteiger partial charge on any atom is 0.338 e. The van der Waals surface area contributed by atoms with Crippen molar-refractivity contribution in [2.45, 2.75) is 13.3 Å². The van der Waals surface area contributed by atoms with Gasteiger partial charge >= 0.3 is 12.0 Å². The minimum Gasteiger partial charge on any atom is -0.496 e. The molecule has 0 bridgehead atoms. The Hall–Kier alpha value is -4.43. The summed E-state index contributed by atoms with van der Waals surface area (Å²) in [4.78, 5) is 51.0. The molecule has 8 nitrogen and oxygen atoms in total. The van der Waals surface area contributed by atoms with Crippen molar-refractivity contribution in [3.05, 3.63) is 99.6 Å². The first kappa shape index (κ1) is 25.7. The summed E-state index contributed by atoms with van der Waals surface area (Å²) in [7, 11) is 1.53. The Morgan fingerprint density at radius 2 is 1.73 bits per heavy atom. The van der Waals surface area contributed by atoms with Crippen molar-refractivity contribution in [1.29, 1.82) is 0 Å². The standard InChI is InChI=1S/C28H23ClN2O6/c1-3-37-27(34)18-10-12-21(13-11-18)31-26(33)22(25(32)30-28(31)35)14-17-8-9-20(24(15-17)36-2)16-19-6-4-5-7-23(19)29/h4-15H,3,16H2,1-2H3,(H,30,32,35)/b22-14+. The first-order valence-electron chi connectivity index (χ1n) is 11.4. The molecule has 37 heavy (non-hydrogen) atoms. The van der Waals surface area contributed by atoms with Gasteiger partial charge in [0, 0.05) is 11.4 Å². The number of halogens is 1. The number of amides is 4. The third-order valence-electron chi connectivity index (χ3n) is 5.70. The first-order chi connectivity index (χ1) is 17.8. The Bertz CT molecular complexity index is 1410. The summed E-state index contributed by atoms with van der Waals surface area (Å²) in [6.45, 7) is 1.91. The average Bonchev–Trinajstić information content (AvgIpc) is 2.89. The number of barbiturate groups is 1. The van der Waals surface area contributed by atoms with Crippen LogP contribution in [0.15, 0.2) is 72.3 Å². The molecule has 0 unspecified atom stereocenters. The molecule has 4 rings (SSSR count). The molecule has 3 aromatic rings. The number of imide groups is 2. The Morgan fingerprint density at radius 3 is 2.41 bits per heavy atom. The zero-order valence-corrected chi connectivity index (χ0v) is 20.9. The van der Waals surface area contributed by atoms with Crippen molar-refractivity contribution in [3.63, 3.8) is 0 Å². The molecule has 0 atom stereocenters. The van der Waals surface area contributed by atoms with E-state index in [1.54, 1.807) is 19.1 Å². The number of rotatable bonds is 7. The topological polar surface area (TPSA) is 102 Å². The fourth-order valence-electron chi connectivity index (χ4n) is 3.86. The number of hydrogen-bond acceptors (Lipinski definition) is 6. The lowest BCUT2D eigenvalue weighted by molar-refractivity contribution is -0.122. The van der Waals surface area contributed by atoms with Crippen LogP contribution in [-0.2, 0) is 20.7 Å². The molecule has 0 saturated carbocycles. The number of ether oxygens (including phenoxy) is 2. The molecule has 1 saturated heterocycles. The highest BCUT2D eigenvalue weighted by Gasteiger charge is 2.36. The van der Waals surface area contributed by atoms with Crippen LogP contribution in [0.1, 0.15) is 34.0 Å². The van der Waals surface area contributed by atoms with Gasteiger partial charge in [0.25, 0.3) is 11.8 Å². The van der Waals surface area contributed by atoms with Crippen molar-refractivity contribution in [2.24, 2.45) is 0 Å². The van der Waals surface area contributed by atoms with Gasteiger partial charge < -0.3 is 9.47 Å². The third-order valence-corrected chi connectivity index (χ3v) is 6.07. The molecule has 9 heteroatoms. The van der Waals surface area contributed by atoms with Gasteiger partial charge in [-0.05, 0) is 66.1 Å². The van der Waals surface area contributed by atoms with Gasteiger partial charge in [-0.1, -0.05) is 41.9 Å². The van der Waals surface area contributed by atoms with Gasteiger partial charge in [0.05, 0.1) is 25.0 Å². The monoisotopic (exact) mass is 518 g/mol. The first-order valence-corrected chi connectivity index (χ1v) is 11.8. The molecule has 188 valence electrons. The van der Waals surface area contributed by atoms with Gasteiger partial charge in [-0.3, -0.25) is 14.9 Å². The lowest BCUT2D eigenvalue weighted by Gasteiger charge is -2.26. The lowest BCUT2D eigenvalue weighted by Crippen LogP contribution is -2.54. The van der Waals surface area contributed by atoms with Crippen LogP contribution in [0.25, 0.3) is 6.08 Å². The summed E-state index contributed by atoms with van der Waals surface area (Å²) < 4.78 is 10.5. The number of nitrogens with one attached hydrogen (secondary N) is 1. The Morgan fingerprint density at radius 1 is 1.00 bits per heavy atom. The summed E-state index contributed by atoms with van der Waals surface area (Å²) in [6, 6.07) is 17.6. The number of esters is 1. The second-order valence-corrected chi connectivity index (χ2v) is 8.47. The van der Waals surface area contributed by atoms with Gasteiger partial charge in [0.15, 0.2) is 0 Å². The minimum absolute atomic E-state index is 0.196. The minimum atomic E-state index is -0.885. The summed E-state index contributed by atoms with van der Waals surface area (Å²) in [5, 5.41) is 2.83. The number of carbonyl (C=O) groups is 4. The zero-order valence-electron chi connectivity index (χ0n) is 20.1. The van der Waals surface area contributed by atoms with E-state index < -0.39 is 23.8 Å². The van der Waals surface area contributed by atoms with E-state index in [1.165, 1.54) is 37.5 Å². The molecule has 0 aliphatic carbocycles. The van der Waals surface area contributed by atoms with E-state index in [4.69, 9.17) is 21.1 Å². The average molecular weight is 519 g/mol. The molecule has 1 aliphatic heterocycles. The number of urea groups is 1. The van der Waals surface area contributed by atoms with Gasteiger partial charge in [-0.15, -0.1) is 0 Å². The van der Waals surface area contributed by atoms with E-state index in [2.05, 4.69) is 5.32 Å². The number of nitrogens with zero attached hydrogens (tertiary/aromatic N) is 1. The van der Waals surface area contributed by atoms with Crippen molar-refractivity contribution in [1.82, 2.24) is 5.32 Å². The smallest absolute Gasteiger partial charge is 0.338 e. The van der Waals surface area contributed by atoms with E-state index in [1.807, 2.05) is 30.3 Å². The number of benzene rings is 3. The zero-order chi connectivity index (χ0) is 26.5. The second kappa shape index (κ2) is 11.1. The largest absolute Gasteiger partial charge is 0.496 e. The van der Waals surface area contributed by atoms with E-state index in [9.17, 15) is 19.2 Å². The van der Waals surface area contributed by atoms with Gasteiger partial charge in [0.1, 0.15) is 11.3 Å². The van der Waals surface area contributed by atoms with Crippen molar-refractivity contribution < 1.29 is 28.7 Å². The lowest BCUT2D eigenvalue weighted by atomic mass is 10.0. The van der Waals surface area contributed by atoms with E-state index >= 15 is 0 Å². The predicted octanol–water partition coefficient (Wildman–Crippen LogP) is 4.78. The van der Waals surface area contributed by atoms with Crippen LogP contribution < -0.4 is 15.0 Å². The maximum atomic E-state index is 13.2. The Kier molecular flexibility index (Phi) is 7.69. The molecule has 1 heterocycles. The summed E-state index contributed by atoms with van der Waals surface area (Å²) >= 11 is 6.29. The van der Waals surface area contributed by atoms with Gasteiger partial charge in [-0.2, -0.15) is 0 Å². The summed E-state index contributed by atoms with van der Waals surface area (Å²) in [5.41, 5.74) is 2.57. The van der Waals surface area contributed by atoms with Gasteiger partial charge in [0.2, 0.25) is 0 Å². The number of hydrogen-bond donors (Lipinski definition) is 1. The highest BCUT2D eigenvalue weighted by molar-refractivity contribution is 6.39. The molecule has 3 aromatic carbocycles. The van der Waals surface area contributed by atoms with Crippen molar-refractivity contribution in [3.8, 4) is 5.75 Å². The fraction of sp³-hybridized carbons (Fsp3) is 0.143. The van der Waals surface area contributed by atoms with Crippen LogP contribution in [0.4, 0.5) is 10.5 Å². The molecular formula is C28H23ClN2O6. The van der Waals surface area contributed by atoms with E-state index in [-0.39, 0.29) is 23.4 Å². The summed E-state index contributed by atoms with van der Waals surface area (Å²) in [5.74, 6) is -1.57. The van der Waals surface area contributed by atoms with E-state index in [0.717, 1.165) is 16.0 Å². The molecular weight excluding hydrogens is 496 g/mol. The number of carbonyl (C=O) groups excluding carboxylic acids is 4. The van der Waals surface area contributed by atoms with Crippen LogP contribution in [0.3, 0.4) is 0 Å². The molecule has 1 aliphatic rings. The van der Waals surface area contributed by atoms with Crippen LogP contribution in [-0.4, -0.2) is 37.5 Å². The molecule has 0 radical (unpaired) electrons. The number of anilines is 1. The predicted molar refractivity (Wildman–Crippen MR) is 139 cm³/mol. The summed E-state index contributed by atoms with van der Waals surface area (Å²) in [6.07, 6.45) is 1.93. The molecule has 0 aromatic heterocycles. The second-order valence-electron chi connectivity index (χ2n) is 8.06. The number of methoxy groups -OCH3 is 1. The molecule has 4 amide bonds. The van der Waals surface area contributed by atoms with Crippen LogP contribution in [0.5, 0.6) is 5.75 Å². The SMILES string of the molecule is CCOC(=O)c1ccc(N2C(=O)NC(=O)/C(=C\c3ccc(Cc4ccccc4Cl)c(OC)c3)C2=O)cc1. The van der Waals surface area contributed by atoms with Crippen LogP contribution in [0.2, 0.25) is 5.02 Å². The van der Waals surface area contributed by atoms with Gasteiger partial charge in [-0.25, -0.2) is 14.5 Å². The normalized spacial score (nSPS) is 14.5. The quantitative estimate of drug-likeness (QED) is 0.274. The Balaban J connectivity index is 1.62. The van der Waals surface area contributed by atoms with Crippen molar-refractivity contribution >= 4 is 47.2 Å². The van der Waals surface area contributed by atoms with Crippen molar-refractivity contribution in [2.75, 3.05) is 18.6 Å². The highest BCUT2D eigenvalue weighted by Crippen LogP contribution is 2.28. The Labute approximate surface area is 218 Å². The molecule has 0 spiro atoms. The maximum absolute atomic E-state index is 13.2. The third kappa shape index (κ3) is 5.54. The highest BCUT2D eigenvalue weighted by atomic mass is 35.5.